The first-order valence-electron chi connectivity index (χ1n) is 7.86. The number of rotatable bonds is 2. The molecule has 25 heavy (non-hydrogen) atoms. The third-order valence-electron chi connectivity index (χ3n) is 4.19. The zero-order chi connectivity index (χ0) is 17.6. The number of carbonyl (C=O) groups excluding carboxylic acids is 1. The molecule has 2 heterocycles. The summed E-state index contributed by atoms with van der Waals surface area (Å²) in [6.07, 6.45) is 0. The maximum atomic E-state index is 12.7. The van der Waals surface area contributed by atoms with E-state index >= 15 is 0 Å². The molecule has 0 aliphatic heterocycles. The Bertz CT molecular complexity index is 1100. The molecular weight excluding hydrogens is 380 g/mol. The van der Waals surface area contributed by atoms with Crippen molar-refractivity contribution in [2.75, 3.05) is 11.9 Å². The molecular formula is C20H15BrN2O2. The molecule has 1 amide bonds. The van der Waals surface area contributed by atoms with Crippen LogP contribution in [0.1, 0.15) is 16.1 Å². The first-order valence-corrected chi connectivity index (χ1v) is 8.65. The number of benzene rings is 2. The van der Waals surface area contributed by atoms with Crippen molar-refractivity contribution in [1.82, 2.24) is 4.98 Å². The van der Waals surface area contributed by atoms with E-state index in [2.05, 4.69) is 20.9 Å². The lowest BCUT2D eigenvalue weighted by Gasteiger charge is -2.15. The van der Waals surface area contributed by atoms with E-state index in [1.165, 1.54) is 0 Å². The summed E-state index contributed by atoms with van der Waals surface area (Å²) in [5.41, 5.74) is 3.27. The lowest BCUT2D eigenvalue weighted by molar-refractivity contribution is 0.0968. The molecule has 2 aromatic carbocycles. The SMILES string of the molecule is Cc1ccc2cc3cc(C(=O)N(C)c4ccc(Br)cc4)oc3nc2c1. The Balaban J connectivity index is 1.74. The number of hydrogen-bond donors (Lipinski definition) is 0. The summed E-state index contributed by atoms with van der Waals surface area (Å²) in [5, 5.41) is 1.85. The smallest absolute Gasteiger partial charge is 0.293 e. The van der Waals surface area contributed by atoms with E-state index < -0.39 is 0 Å². The minimum atomic E-state index is -0.208. The molecule has 0 N–H and O–H groups in total. The highest BCUT2D eigenvalue weighted by Crippen LogP contribution is 2.25. The quantitative estimate of drug-likeness (QED) is 0.461. The molecule has 4 aromatic rings. The van der Waals surface area contributed by atoms with Gasteiger partial charge in [-0.15, -0.1) is 0 Å². The zero-order valence-corrected chi connectivity index (χ0v) is 15.4. The molecule has 0 aliphatic rings. The molecule has 0 bridgehead atoms. The van der Waals surface area contributed by atoms with Gasteiger partial charge in [-0.2, -0.15) is 0 Å². The van der Waals surface area contributed by atoms with Gasteiger partial charge in [0.05, 0.1) is 5.52 Å². The summed E-state index contributed by atoms with van der Waals surface area (Å²) in [6.45, 7) is 2.02. The number of nitrogens with zero attached hydrogens (tertiary/aromatic N) is 2. The molecule has 0 aliphatic carbocycles. The monoisotopic (exact) mass is 394 g/mol. The van der Waals surface area contributed by atoms with Crippen molar-refractivity contribution in [3.8, 4) is 0 Å². The normalized spacial score (nSPS) is 11.2. The van der Waals surface area contributed by atoms with Gasteiger partial charge in [0.2, 0.25) is 5.71 Å². The fourth-order valence-electron chi connectivity index (χ4n) is 2.79. The first-order chi connectivity index (χ1) is 12.0. The number of fused-ring (bicyclic) bond motifs is 2. The van der Waals surface area contributed by atoms with E-state index in [-0.39, 0.29) is 11.7 Å². The van der Waals surface area contributed by atoms with Crippen LogP contribution in [0.2, 0.25) is 0 Å². The van der Waals surface area contributed by atoms with Gasteiger partial charge in [0.25, 0.3) is 5.91 Å². The summed E-state index contributed by atoms with van der Waals surface area (Å²) >= 11 is 3.40. The van der Waals surface area contributed by atoms with Crippen LogP contribution in [0.25, 0.3) is 22.0 Å². The number of hydrogen-bond acceptors (Lipinski definition) is 3. The lowest BCUT2D eigenvalue weighted by Crippen LogP contribution is -2.25. The van der Waals surface area contributed by atoms with Crippen molar-refractivity contribution < 1.29 is 9.21 Å². The van der Waals surface area contributed by atoms with E-state index in [1.54, 1.807) is 18.0 Å². The van der Waals surface area contributed by atoms with Crippen LogP contribution in [-0.2, 0) is 0 Å². The van der Waals surface area contributed by atoms with Crippen molar-refractivity contribution in [2.24, 2.45) is 0 Å². The Morgan fingerprint density at radius 1 is 1.04 bits per heavy atom. The summed E-state index contributed by atoms with van der Waals surface area (Å²) in [6, 6.07) is 17.4. The van der Waals surface area contributed by atoms with Crippen LogP contribution in [0.15, 0.2) is 63.5 Å². The highest BCUT2D eigenvalue weighted by Gasteiger charge is 2.19. The van der Waals surface area contributed by atoms with Gasteiger partial charge in [-0.3, -0.25) is 4.79 Å². The van der Waals surface area contributed by atoms with Crippen LogP contribution < -0.4 is 4.90 Å². The van der Waals surface area contributed by atoms with E-state index in [4.69, 9.17) is 4.42 Å². The van der Waals surface area contributed by atoms with Gasteiger partial charge in [-0.25, -0.2) is 4.98 Å². The molecule has 0 spiro atoms. The Morgan fingerprint density at radius 2 is 1.80 bits per heavy atom. The predicted octanol–water partition coefficient (Wildman–Crippen LogP) is 5.33. The van der Waals surface area contributed by atoms with E-state index in [0.717, 1.165) is 32.0 Å². The Hall–Kier alpha value is -2.66. The third-order valence-corrected chi connectivity index (χ3v) is 4.72. The van der Waals surface area contributed by atoms with E-state index in [0.29, 0.717) is 5.71 Å². The Kier molecular flexibility index (Phi) is 3.81. The highest BCUT2D eigenvalue weighted by atomic mass is 79.9. The lowest BCUT2D eigenvalue weighted by atomic mass is 10.1. The molecule has 0 unspecified atom stereocenters. The minimum Gasteiger partial charge on any atom is -0.433 e. The third kappa shape index (κ3) is 2.91. The molecule has 4 nitrogen and oxygen atoms in total. The van der Waals surface area contributed by atoms with Gasteiger partial charge in [-0.05, 0) is 55.0 Å². The van der Waals surface area contributed by atoms with Gasteiger partial charge < -0.3 is 9.32 Å². The summed E-state index contributed by atoms with van der Waals surface area (Å²) in [4.78, 5) is 18.8. The van der Waals surface area contributed by atoms with E-state index in [9.17, 15) is 4.79 Å². The van der Waals surface area contributed by atoms with Gasteiger partial charge in [0, 0.05) is 28.0 Å². The van der Waals surface area contributed by atoms with Gasteiger partial charge in [-0.1, -0.05) is 28.1 Å². The van der Waals surface area contributed by atoms with E-state index in [1.807, 2.05) is 55.5 Å². The molecule has 0 saturated heterocycles. The first kappa shape index (κ1) is 15.8. The predicted molar refractivity (Wildman–Crippen MR) is 103 cm³/mol. The van der Waals surface area contributed by atoms with Crippen molar-refractivity contribution in [3.63, 3.8) is 0 Å². The number of furan rings is 1. The van der Waals surface area contributed by atoms with Crippen LogP contribution in [0.3, 0.4) is 0 Å². The molecule has 0 saturated carbocycles. The molecule has 4 rings (SSSR count). The molecule has 124 valence electrons. The molecule has 5 heteroatoms. The summed E-state index contributed by atoms with van der Waals surface area (Å²) in [5.74, 6) is 0.0699. The van der Waals surface area contributed by atoms with Gasteiger partial charge >= 0.3 is 0 Å². The van der Waals surface area contributed by atoms with Crippen LogP contribution in [0.5, 0.6) is 0 Å². The Labute approximate surface area is 153 Å². The number of aryl methyl sites for hydroxylation is 1. The summed E-state index contributed by atoms with van der Waals surface area (Å²) in [7, 11) is 1.73. The standard InChI is InChI=1S/C20H15BrN2O2/c1-12-3-4-13-10-14-11-18(25-19(14)22-17(13)9-12)20(24)23(2)16-7-5-15(21)6-8-16/h3-11H,1-2H3. The zero-order valence-electron chi connectivity index (χ0n) is 13.8. The largest absolute Gasteiger partial charge is 0.433 e. The average Bonchev–Trinajstić information content (AvgIpc) is 3.02. The number of amides is 1. The van der Waals surface area contributed by atoms with Crippen LogP contribution in [0.4, 0.5) is 5.69 Å². The van der Waals surface area contributed by atoms with Gasteiger partial charge in [0.1, 0.15) is 0 Å². The van der Waals surface area contributed by atoms with Crippen molar-refractivity contribution >= 4 is 49.5 Å². The van der Waals surface area contributed by atoms with Crippen LogP contribution >= 0.6 is 15.9 Å². The number of anilines is 1. The van der Waals surface area contributed by atoms with Crippen LogP contribution in [-0.4, -0.2) is 17.9 Å². The van der Waals surface area contributed by atoms with Crippen LogP contribution in [0, 0.1) is 6.92 Å². The second-order valence-electron chi connectivity index (χ2n) is 6.03. The molecule has 0 atom stereocenters. The Morgan fingerprint density at radius 3 is 2.56 bits per heavy atom. The maximum absolute atomic E-state index is 12.7. The number of aromatic nitrogens is 1. The fourth-order valence-corrected chi connectivity index (χ4v) is 3.05. The van der Waals surface area contributed by atoms with Crippen molar-refractivity contribution in [3.05, 3.63) is 70.4 Å². The fraction of sp³-hybridized carbons (Fsp3) is 0.100. The average molecular weight is 395 g/mol. The number of halogens is 1. The second kappa shape index (κ2) is 6.01. The summed E-state index contributed by atoms with van der Waals surface area (Å²) < 4.78 is 6.70. The van der Waals surface area contributed by atoms with Crippen molar-refractivity contribution in [1.29, 1.82) is 0 Å². The molecule has 0 fully saturated rings. The molecule has 0 radical (unpaired) electrons. The minimum absolute atomic E-state index is 0.208. The maximum Gasteiger partial charge on any atom is 0.293 e. The van der Waals surface area contributed by atoms with Crippen molar-refractivity contribution in [2.45, 2.75) is 6.92 Å². The number of pyridine rings is 1. The second-order valence-corrected chi connectivity index (χ2v) is 6.95. The topological polar surface area (TPSA) is 46.3 Å². The molecule has 2 aromatic heterocycles. The van der Waals surface area contributed by atoms with Gasteiger partial charge in [0.15, 0.2) is 5.76 Å². The number of carbonyl (C=O) groups is 1. The highest BCUT2D eigenvalue weighted by molar-refractivity contribution is 9.10.